The Morgan fingerprint density at radius 3 is 2.48 bits per heavy atom. The highest BCUT2D eigenvalue weighted by atomic mass is 32.1. The van der Waals surface area contributed by atoms with Gasteiger partial charge in [-0.2, -0.15) is 0 Å². The third-order valence-corrected chi connectivity index (χ3v) is 4.76. The fourth-order valence-corrected chi connectivity index (χ4v) is 2.93. The number of benzene rings is 1. The van der Waals surface area contributed by atoms with Gasteiger partial charge in [-0.05, 0) is 25.3 Å². The molecule has 1 aromatic heterocycles. The molecule has 0 fully saturated rings. The Bertz CT molecular complexity index is 660. The number of carbonyl (C=O) groups excluding carboxylic acids is 2. The summed E-state index contributed by atoms with van der Waals surface area (Å²) in [5.74, 6) is -0.285. The van der Waals surface area contributed by atoms with Crippen LogP contribution in [-0.4, -0.2) is 23.3 Å². The van der Waals surface area contributed by atoms with Crippen molar-refractivity contribution in [3.8, 4) is 0 Å². The summed E-state index contributed by atoms with van der Waals surface area (Å²) in [4.78, 5) is 24.7. The molecule has 122 valence electrons. The van der Waals surface area contributed by atoms with Gasteiger partial charge in [0.2, 0.25) is 5.91 Å². The van der Waals surface area contributed by atoms with Crippen molar-refractivity contribution in [2.75, 3.05) is 6.54 Å². The van der Waals surface area contributed by atoms with E-state index in [-0.39, 0.29) is 31.1 Å². The number of hydrogen-bond acceptors (Lipinski definition) is 4. The largest absolute Gasteiger partial charge is 0.383 e. The summed E-state index contributed by atoms with van der Waals surface area (Å²) in [5, 5.41) is 14.9. The minimum absolute atomic E-state index is 0.0508. The molecule has 1 atom stereocenters. The second-order valence-corrected chi connectivity index (χ2v) is 6.76. The van der Waals surface area contributed by atoms with Crippen LogP contribution in [0, 0.1) is 6.92 Å². The zero-order valence-corrected chi connectivity index (χ0v) is 14.2. The van der Waals surface area contributed by atoms with Crippen molar-refractivity contribution in [1.29, 1.82) is 0 Å². The predicted octanol–water partition coefficient (Wildman–Crippen LogP) is 3.04. The Kier molecular flexibility index (Phi) is 5.69. The average molecular weight is 331 g/mol. The number of Topliss-reactive ketones (excluding diaryl/α,β-unsaturated/α-hetero) is 1. The van der Waals surface area contributed by atoms with E-state index in [1.165, 1.54) is 11.3 Å². The molecule has 0 aliphatic carbocycles. The summed E-state index contributed by atoms with van der Waals surface area (Å²) >= 11 is 1.44. The van der Waals surface area contributed by atoms with Gasteiger partial charge in [-0.1, -0.05) is 35.9 Å². The van der Waals surface area contributed by atoms with Crippen LogP contribution in [-0.2, 0) is 10.4 Å². The molecule has 4 nitrogen and oxygen atoms in total. The van der Waals surface area contributed by atoms with Crippen molar-refractivity contribution in [2.45, 2.75) is 32.3 Å². The molecule has 1 unspecified atom stereocenters. The number of ketones is 1. The van der Waals surface area contributed by atoms with Gasteiger partial charge in [0.05, 0.1) is 6.54 Å². The van der Waals surface area contributed by atoms with E-state index in [1.807, 2.05) is 36.6 Å². The molecule has 0 spiro atoms. The number of rotatable bonds is 7. The van der Waals surface area contributed by atoms with Crippen LogP contribution in [0.15, 0.2) is 41.8 Å². The molecule has 1 amide bonds. The topological polar surface area (TPSA) is 66.4 Å². The number of aliphatic hydroxyl groups is 1. The predicted molar refractivity (Wildman–Crippen MR) is 91.6 cm³/mol. The molecule has 0 aliphatic rings. The van der Waals surface area contributed by atoms with Crippen molar-refractivity contribution in [3.05, 3.63) is 57.8 Å². The van der Waals surface area contributed by atoms with Crippen LogP contribution in [0.5, 0.6) is 0 Å². The van der Waals surface area contributed by atoms with Gasteiger partial charge in [-0.3, -0.25) is 9.59 Å². The molecular weight excluding hydrogens is 310 g/mol. The molecule has 1 heterocycles. The van der Waals surface area contributed by atoms with Crippen LogP contribution in [0.25, 0.3) is 0 Å². The van der Waals surface area contributed by atoms with Crippen molar-refractivity contribution < 1.29 is 14.7 Å². The van der Waals surface area contributed by atoms with Gasteiger partial charge in [0, 0.05) is 23.3 Å². The van der Waals surface area contributed by atoms with E-state index in [0.717, 1.165) is 10.4 Å². The Labute approximate surface area is 140 Å². The maximum Gasteiger partial charge on any atom is 0.220 e. The quantitative estimate of drug-likeness (QED) is 0.766. The van der Waals surface area contributed by atoms with E-state index in [2.05, 4.69) is 5.32 Å². The lowest BCUT2D eigenvalue weighted by Crippen LogP contribution is -2.38. The first kappa shape index (κ1) is 17.4. The van der Waals surface area contributed by atoms with Crippen molar-refractivity contribution >= 4 is 23.0 Å². The minimum Gasteiger partial charge on any atom is -0.383 e. The van der Waals surface area contributed by atoms with Gasteiger partial charge in [0.25, 0.3) is 0 Å². The Balaban J connectivity index is 1.79. The molecule has 0 radical (unpaired) electrons. The number of thiophene rings is 1. The second kappa shape index (κ2) is 7.53. The number of nitrogens with one attached hydrogen (secondary N) is 1. The summed E-state index contributed by atoms with van der Waals surface area (Å²) in [5.41, 5.74) is 0.620. The van der Waals surface area contributed by atoms with Crippen molar-refractivity contribution in [2.24, 2.45) is 0 Å². The average Bonchev–Trinajstić information content (AvgIpc) is 3.06. The standard InChI is InChI=1S/C18H21NO3S/c1-13-5-7-14(8-6-13)15(20)9-10-17(21)19-12-18(2,22)16-4-3-11-23-16/h3-8,11,22H,9-10,12H2,1-2H3,(H,19,21). The van der Waals surface area contributed by atoms with E-state index in [0.29, 0.717) is 5.56 Å². The Morgan fingerprint density at radius 2 is 1.87 bits per heavy atom. The highest BCUT2D eigenvalue weighted by molar-refractivity contribution is 7.10. The van der Waals surface area contributed by atoms with Gasteiger partial charge < -0.3 is 10.4 Å². The first-order chi connectivity index (χ1) is 10.9. The van der Waals surface area contributed by atoms with Crippen LogP contribution in [0.1, 0.15) is 40.6 Å². The number of aryl methyl sites for hydroxylation is 1. The monoisotopic (exact) mass is 331 g/mol. The summed E-state index contributed by atoms with van der Waals surface area (Å²) in [7, 11) is 0. The molecule has 23 heavy (non-hydrogen) atoms. The van der Waals surface area contributed by atoms with Crippen LogP contribution < -0.4 is 5.32 Å². The zero-order valence-electron chi connectivity index (χ0n) is 13.3. The van der Waals surface area contributed by atoms with Crippen molar-refractivity contribution in [3.63, 3.8) is 0 Å². The number of carbonyl (C=O) groups is 2. The van der Waals surface area contributed by atoms with Gasteiger partial charge in [0.15, 0.2) is 5.78 Å². The SMILES string of the molecule is Cc1ccc(C(=O)CCC(=O)NCC(C)(O)c2cccs2)cc1. The summed E-state index contributed by atoms with van der Waals surface area (Å²) < 4.78 is 0. The zero-order chi connectivity index (χ0) is 16.9. The molecule has 2 aromatic rings. The maximum absolute atomic E-state index is 12.0. The molecule has 0 aliphatic heterocycles. The van der Waals surface area contributed by atoms with Gasteiger partial charge in [-0.15, -0.1) is 11.3 Å². The number of amides is 1. The summed E-state index contributed by atoms with van der Waals surface area (Å²) in [6, 6.07) is 11.0. The number of hydrogen-bond donors (Lipinski definition) is 2. The van der Waals surface area contributed by atoms with Crippen LogP contribution in [0.4, 0.5) is 0 Å². The molecule has 0 bridgehead atoms. The molecule has 2 rings (SSSR count). The van der Waals surface area contributed by atoms with E-state index >= 15 is 0 Å². The molecule has 2 N–H and O–H groups in total. The van der Waals surface area contributed by atoms with Gasteiger partial charge >= 0.3 is 0 Å². The fourth-order valence-electron chi connectivity index (χ4n) is 2.14. The van der Waals surface area contributed by atoms with E-state index in [4.69, 9.17) is 0 Å². The highest BCUT2D eigenvalue weighted by Crippen LogP contribution is 2.24. The molecule has 0 saturated carbocycles. The van der Waals surface area contributed by atoms with Gasteiger partial charge in [0.1, 0.15) is 5.60 Å². The minimum atomic E-state index is -1.09. The first-order valence-corrected chi connectivity index (χ1v) is 8.39. The van der Waals surface area contributed by atoms with Crippen LogP contribution in [0.3, 0.4) is 0 Å². The van der Waals surface area contributed by atoms with Crippen LogP contribution in [0.2, 0.25) is 0 Å². The van der Waals surface area contributed by atoms with Crippen molar-refractivity contribution in [1.82, 2.24) is 5.32 Å². The normalized spacial score (nSPS) is 13.3. The summed E-state index contributed by atoms with van der Waals surface area (Å²) in [6.07, 6.45) is 0.281. The molecular formula is C18H21NO3S. The van der Waals surface area contributed by atoms with E-state index in [9.17, 15) is 14.7 Å². The third-order valence-electron chi connectivity index (χ3n) is 3.63. The smallest absolute Gasteiger partial charge is 0.220 e. The maximum atomic E-state index is 12.0. The molecule has 5 heteroatoms. The van der Waals surface area contributed by atoms with E-state index in [1.54, 1.807) is 19.1 Å². The summed E-state index contributed by atoms with van der Waals surface area (Å²) in [6.45, 7) is 3.75. The third kappa shape index (κ3) is 5.01. The second-order valence-electron chi connectivity index (χ2n) is 5.82. The van der Waals surface area contributed by atoms with Crippen LogP contribution >= 0.6 is 11.3 Å². The molecule has 1 aromatic carbocycles. The Morgan fingerprint density at radius 1 is 1.17 bits per heavy atom. The Hall–Kier alpha value is -1.98. The molecule has 0 saturated heterocycles. The lowest BCUT2D eigenvalue weighted by Gasteiger charge is -2.22. The fraction of sp³-hybridized carbons (Fsp3) is 0.333. The lowest BCUT2D eigenvalue weighted by molar-refractivity contribution is -0.122. The highest BCUT2D eigenvalue weighted by Gasteiger charge is 2.24. The first-order valence-electron chi connectivity index (χ1n) is 7.51. The lowest BCUT2D eigenvalue weighted by atomic mass is 10.0. The van der Waals surface area contributed by atoms with Gasteiger partial charge in [-0.25, -0.2) is 0 Å². The van der Waals surface area contributed by atoms with E-state index < -0.39 is 5.60 Å².